The summed E-state index contributed by atoms with van der Waals surface area (Å²) in [7, 11) is 0. The van der Waals surface area contributed by atoms with Crippen LogP contribution in [0.3, 0.4) is 0 Å². The van der Waals surface area contributed by atoms with Crippen LogP contribution in [-0.2, 0) is 12.8 Å². The van der Waals surface area contributed by atoms with Crippen molar-refractivity contribution < 1.29 is 8.78 Å². The maximum absolute atomic E-state index is 13.2. The molecule has 0 fully saturated rings. The molecule has 0 bridgehead atoms. The van der Waals surface area contributed by atoms with Gasteiger partial charge in [-0.3, -0.25) is 0 Å². The molecule has 2 heteroatoms. The van der Waals surface area contributed by atoms with Gasteiger partial charge in [0.05, 0.1) is 0 Å². The number of hydrogen-bond donors (Lipinski definition) is 0. The summed E-state index contributed by atoms with van der Waals surface area (Å²) in [4.78, 5) is 0. The van der Waals surface area contributed by atoms with E-state index in [9.17, 15) is 8.78 Å². The molecule has 1 aliphatic rings. The quantitative estimate of drug-likeness (QED) is 0.512. The lowest BCUT2D eigenvalue weighted by atomic mass is 9.89. The van der Waals surface area contributed by atoms with Crippen LogP contribution in [0.25, 0.3) is 0 Å². The Morgan fingerprint density at radius 1 is 1.00 bits per heavy atom. The molecule has 0 N–H and O–H groups in total. The molecule has 1 aliphatic carbocycles. The first-order valence-corrected chi connectivity index (χ1v) is 6.85. The lowest BCUT2D eigenvalue weighted by molar-refractivity contribution is 0.505. The number of halogens is 2. The fourth-order valence-corrected chi connectivity index (χ4v) is 2.52. The summed E-state index contributed by atoms with van der Waals surface area (Å²) in [5.74, 6) is -1.45. The first-order chi connectivity index (χ1) is 8.70. The van der Waals surface area contributed by atoms with Crippen LogP contribution in [0.5, 0.6) is 0 Å². The van der Waals surface area contributed by atoms with Crippen LogP contribution < -0.4 is 0 Å². The molecule has 0 aliphatic heterocycles. The molecule has 98 valence electrons. The summed E-state index contributed by atoms with van der Waals surface area (Å²) in [5.41, 5.74) is 3.28. The zero-order chi connectivity index (χ0) is 13.0. The molecule has 0 atom stereocenters. The summed E-state index contributed by atoms with van der Waals surface area (Å²) < 4.78 is 26.3. The van der Waals surface area contributed by atoms with Crippen molar-refractivity contribution in [1.82, 2.24) is 0 Å². The third kappa shape index (κ3) is 3.18. The first kappa shape index (κ1) is 13.3. The van der Waals surface area contributed by atoms with Gasteiger partial charge >= 0.3 is 0 Å². The number of allylic oxidation sites excluding steroid dienone is 2. The molecule has 0 aromatic heterocycles. The van der Waals surface area contributed by atoms with E-state index in [2.05, 4.69) is 13.0 Å². The molecule has 0 unspecified atom stereocenters. The number of rotatable bonds is 5. The number of unbranched alkanes of at least 4 members (excludes halogenated alkanes) is 3. The number of benzene rings is 1. The van der Waals surface area contributed by atoms with E-state index in [0.29, 0.717) is 0 Å². The predicted octanol–water partition coefficient (Wildman–Crippen LogP) is 4.96. The summed E-state index contributed by atoms with van der Waals surface area (Å²) >= 11 is 0. The Balaban J connectivity index is 1.95. The lowest BCUT2D eigenvalue weighted by Crippen LogP contribution is -2.05. The Morgan fingerprint density at radius 2 is 1.72 bits per heavy atom. The first-order valence-electron chi connectivity index (χ1n) is 6.85. The van der Waals surface area contributed by atoms with Crippen LogP contribution >= 0.6 is 0 Å². The van der Waals surface area contributed by atoms with Crippen LogP contribution in [0, 0.1) is 11.6 Å². The zero-order valence-corrected chi connectivity index (χ0v) is 10.9. The molecule has 0 radical (unpaired) electrons. The average Bonchev–Trinajstić information content (AvgIpc) is 2.36. The normalized spacial score (nSPS) is 14.3. The second-order valence-corrected chi connectivity index (χ2v) is 5.09. The Labute approximate surface area is 108 Å². The van der Waals surface area contributed by atoms with Gasteiger partial charge < -0.3 is 0 Å². The van der Waals surface area contributed by atoms with Crippen LogP contribution in [0.15, 0.2) is 23.8 Å². The maximum atomic E-state index is 13.2. The van der Waals surface area contributed by atoms with Gasteiger partial charge in [0.15, 0.2) is 11.6 Å². The molecule has 1 aromatic rings. The highest BCUT2D eigenvalue weighted by atomic mass is 19.2. The third-order valence-electron chi connectivity index (χ3n) is 3.62. The van der Waals surface area contributed by atoms with Gasteiger partial charge in [0, 0.05) is 0 Å². The molecule has 0 spiro atoms. The van der Waals surface area contributed by atoms with Crippen LogP contribution in [0.2, 0.25) is 0 Å². The van der Waals surface area contributed by atoms with E-state index in [0.717, 1.165) is 30.4 Å². The van der Waals surface area contributed by atoms with E-state index >= 15 is 0 Å². The van der Waals surface area contributed by atoms with Gasteiger partial charge in [-0.1, -0.05) is 37.8 Å². The largest absolute Gasteiger partial charge is 0.204 e. The van der Waals surface area contributed by atoms with Crippen LogP contribution in [0.4, 0.5) is 8.78 Å². The SMILES string of the molecule is CCCCCCC1=CCc2cc(F)c(F)cc2C1. The molecule has 0 saturated heterocycles. The fraction of sp³-hybridized carbons (Fsp3) is 0.500. The van der Waals surface area contributed by atoms with Gasteiger partial charge in [-0.2, -0.15) is 0 Å². The minimum absolute atomic E-state index is 0.721. The highest BCUT2D eigenvalue weighted by Gasteiger charge is 2.14. The van der Waals surface area contributed by atoms with Crippen molar-refractivity contribution in [3.8, 4) is 0 Å². The Morgan fingerprint density at radius 3 is 2.44 bits per heavy atom. The van der Waals surface area contributed by atoms with Crippen molar-refractivity contribution in [3.05, 3.63) is 46.5 Å². The topological polar surface area (TPSA) is 0 Å². The lowest BCUT2D eigenvalue weighted by Gasteiger charge is -2.17. The highest BCUT2D eigenvalue weighted by Crippen LogP contribution is 2.26. The van der Waals surface area contributed by atoms with Crippen molar-refractivity contribution in [2.75, 3.05) is 0 Å². The average molecular weight is 250 g/mol. The van der Waals surface area contributed by atoms with Gasteiger partial charge in [0.25, 0.3) is 0 Å². The van der Waals surface area contributed by atoms with Crippen LogP contribution in [0.1, 0.15) is 50.2 Å². The Bertz CT molecular complexity index is 447. The van der Waals surface area contributed by atoms with Crippen molar-refractivity contribution in [1.29, 1.82) is 0 Å². The summed E-state index contributed by atoms with van der Waals surface area (Å²) in [6, 6.07) is 2.71. The Hall–Kier alpha value is -1.18. The number of hydrogen-bond acceptors (Lipinski definition) is 0. The summed E-state index contributed by atoms with van der Waals surface area (Å²) in [6.45, 7) is 2.20. The van der Waals surface area contributed by atoms with Gasteiger partial charge in [0.1, 0.15) is 0 Å². The molecular weight excluding hydrogens is 230 g/mol. The van der Waals surface area contributed by atoms with Gasteiger partial charge in [-0.15, -0.1) is 0 Å². The fourth-order valence-electron chi connectivity index (χ4n) is 2.52. The molecule has 18 heavy (non-hydrogen) atoms. The monoisotopic (exact) mass is 250 g/mol. The van der Waals surface area contributed by atoms with E-state index < -0.39 is 11.6 Å². The highest BCUT2D eigenvalue weighted by molar-refractivity contribution is 5.37. The van der Waals surface area contributed by atoms with E-state index in [4.69, 9.17) is 0 Å². The van der Waals surface area contributed by atoms with Gasteiger partial charge in [-0.05, 0) is 48.9 Å². The zero-order valence-electron chi connectivity index (χ0n) is 10.9. The second-order valence-electron chi connectivity index (χ2n) is 5.09. The van der Waals surface area contributed by atoms with Crippen molar-refractivity contribution in [2.24, 2.45) is 0 Å². The van der Waals surface area contributed by atoms with Crippen molar-refractivity contribution in [3.63, 3.8) is 0 Å². The number of fused-ring (bicyclic) bond motifs is 1. The standard InChI is InChI=1S/C16H20F2/c1-2-3-4-5-6-12-7-8-13-10-15(17)16(18)11-14(13)9-12/h7,10-11H,2-6,8-9H2,1H3. The smallest absolute Gasteiger partial charge is 0.159 e. The summed E-state index contributed by atoms with van der Waals surface area (Å²) in [6.07, 6.45) is 9.81. The summed E-state index contributed by atoms with van der Waals surface area (Å²) in [5, 5.41) is 0. The second kappa shape index (κ2) is 6.12. The minimum atomic E-state index is -0.728. The van der Waals surface area contributed by atoms with E-state index in [-0.39, 0.29) is 0 Å². The van der Waals surface area contributed by atoms with Crippen molar-refractivity contribution in [2.45, 2.75) is 51.9 Å². The molecule has 0 heterocycles. The van der Waals surface area contributed by atoms with E-state index in [1.807, 2.05) is 0 Å². The van der Waals surface area contributed by atoms with E-state index in [1.165, 1.54) is 43.4 Å². The molecule has 0 nitrogen and oxygen atoms in total. The predicted molar refractivity (Wildman–Crippen MR) is 70.6 cm³/mol. The minimum Gasteiger partial charge on any atom is -0.204 e. The van der Waals surface area contributed by atoms with E-state index in [1.54, 1.807) is 0 Å². The third-order valence-corrected chi connectivity index (χ3v) is 3.62. The van der Waals surface area contributed by atoms with Crippen molar-refractivity contribution >= 4 is 0 Å². The van der Waals surface area contributed by atoms with Gasteiger partial charge in [0.2, 0.25) is 0 Å². The molecular formula is C16H20F2. The molecule has 0 saturated carbocycles. The molecule has 1 aromatic carbocycles. The molecule has 0 amide bonds. The van der Waals surface area contributed by atoms with Crippen LogP contribution in [-0.4, -0.2) is 0 Å². The Kier molecular flexibility index (Phi) is 4.51. The maximum Gasteiger partial charge on any atom is 0.159 e. The van der Waals surface area contributed by atoms with Gasteiger partial charge in [-0.25, -0.2) is 8.78 Å². The molecule has 2 rings (SSSR count).